The molecular formula is C16H24N2O3. The fraction of sp³-hybridized carbons (Fsp3) is 0.500. The topological polar surface area (TPSA) is 78.4 Å². The Bertz CT molecular complexity index is 466. The molecule has 0 unspecified atom stereocenters. The Morgan fingerprint density at radius 2 is 1.67 bits per heavy atom. The van der Waals surface area contributed by atoms with Gasteiger partial charge in [0.1, 0.15) is 0 Å². The van der Waals surface area contributed by atoms with Gasteiger partial charge in [0.15, 0.2) is 0 Å². The summed E-state index contributed by atoms with van der Waals surface area (Å²) in [7, 11) is 0. The number of carbonyl (C=O) groups is 2. The van der Waals surface area contributed by atoms with Crippen molar-refractivity contribution < 1.29 is 14.7 Å². The molecule has 0 spiro atoms. The van der Waals surface area contributed by atoms with E-state index in [1.165, 1.54) is 0 Å². The van der Waals surface area contributed by atoms with E-state index in [0.717, 1.165) is 5.56 Å². The van der Waals surface area contributed by atoms with Crippen LogP contribution in [0.3, 0.4) is 0 Å². The summed E-state index contributed by atoms with van der Waals surface area (Å²) >= 11 is 0. The van der Waals surface area contributed by atoms with Crippen LogP contribution >= 0.6 is 0 Å². The van der Waals surface area contributed by atoms with Gasteiger partial charge < -0.3 is 15.7 Å². The van der Waals surface area contributed by atoms with E-state index in [0.29, 0.717) is 13.0 Å². The number of nitrogens with one attached hydrogen (secondary N) is 2. The van der Waals surface area contributed by atoms with Crippen LogP contribution in [-0.4, -0.2) is 29.6 Å². The van der Waals surface area contributed by atoms with Gasteiger partial charge in [0.25, 0.3) is 0 Å². The summed E-state index contributed by atoms with van der Waals surface area (Å²) in [5.74, 6) is -1.34. The molecular weight excluding hydrogens is 268 g/mol. The zero-order valence-electron chi connectivity index (χ0n) is 12.8. The second-order valence-corrected chi connectivity index (χ2v) is 6.09. The lowest BCUT2D eigenvalue weighted by Gasteiger charge is -2.25. The van der Waals surface area contributed by atoms with Crippen molar-refractivity contribution in [3.05, 3.63) is 35.9 Å². The molecule has 0 aliphatic rings. The van der Waals surface area contributed by atoms with Gasteiger partial charge >= 0.3 is 11.8 Å². The zero-order valence-corrected chi connectivity index (χ0v) is 12.8. The molecule has 0 aliphatic heterocycles. The Kier molecular flexibility index (Phi) is 6.37. The second-order valence-electron chi connectivity index (χ2n) is 6.09. The summed E-state index contributed by atoms with van der Waals surface area (Å²) < 4.78 is 0. The van der Waals surface area contributed by atoms with Gasteiger partial charge in [-0.05, 0) is 17.4 Å². The van der Waals surface area contributed by atoms with E-state index < -0.39 is 17.9 Å². The first-order valence-electron chi connectivity index (χ1n) is 7.08. The molecule has 0 radical (unpaired) electrons. The molecule has 1 aromatic rings. The van der Waals surface area contributed by atoms with Gasteiger partial charge in [-0.3, -0.25) is 9.59 Å². The van der Waals surface area contributed by atoms with Gasteiger partial charge in [-0.25, -0.2) is 0 Å². The molecule has 21 heavy (non-hydrogen) atoms. The molecule has 0 aliphatic carbocycles. The summed E-state index contributed by atoms with van der Waals surface area (Å²) in [5.41, 5.74) is 0.696. The van der Waals surface area contributed by atoms with Crippen molar-refractivity contribution in [2.75, 3.05) is 6.54 Å². The van der Waals surface area contributed by atoms with E-state index in [1.807, 2.05) is 51.1 Å². The number of aliphatic hydroxyl groups excluding tert-OH is 1. The highest BCUT2D eigenvalue weighted by Gasteiger charge is 2.22. The van der Waals surface area contributed by atoms with Gasteiger partial charge in [-0.2, -0.15) is 0 Å². The SMILES string of the molecule is CC(C)(C)[C@H](O)CCNC(=O)C(=O)NCc1ccccc1. The highest BCUT2D eigenvalue weighted by molar-refractivity contribution is 6.35. The Hall–Kier alpha value is -1.88. The van der Waals surface area contributed by atoms with Crippen LogP contribution in [0.4, 0.5) is 0 Å². The van der Waals surface area contributed by atoms with E-state index in [4.69, 9.17) is 0 Å². The fourth-order valence-electron chi connectivity index (χ4n) is 1.69. The van der Waals surface area contributed by atoms with Gasteiger partial charge in [-0.1, -0.05) is 51.1 Å². The van der Waals surface area contributed by atoms with E-state index in [2.05, 4.69) is 10.6 Å². The number of rotatable bonds is 5. The molecule has 1 aromatic carbocycles. The fourth-order valence-corrected chi connectivity index (χ4v) is 1.69. The standard InChI is InChI=1S/C16H24N2O3/c1-16(2,3)13(19)9-10-17-14(20)15(21)18-11-12-7-5-4-6-8-12/h4-8,13,19H,9-11H2,1-3H3,(H,17,20)(H,18,21)/t13-/m1/s1. The predicted octanol–water partition coefficient (Wildman–Crippen LogP) is 1.22. The molecule has 0 fully saturated rings. The number of hydrogen-bond acceptors (Lipinski definition) is 3. The maximum absolute atomic E-state index is 11.6. The molecule has 0 aromatic heterocycles. The lowest BCUT2D eigenvalue weighted by Crippen LogP contribution is -2.41. The molecule has 5 heteroatoms. The lowest BCUT2D eigenvalue weighted by atomic mass is 9.87. The Balaban J connectivity index is 2.27. The number of amides is 2. The number of benzene rings is 1. The predicted molar refractivity (Wildman–Crippen MR) is 81.4 cm³/mol. The Labute approximate surface area is 125 Å². The normalized spacial score (nSPS) is 12.6. The largest absolute Gasteiger partial charge is 0.393 e. The molecule has 0 saturated heterocycles. The van der Waals surface area contributed by atoms with E-state index in [1.54, 1.807) is 0 Å². The van der Waals surface area contributed by atoms with Crippen LogP contribution in [0.1, 0.15) is 32.8 Å². The van der Waals surface area contributed by atoms with Crippen molar-refractivity contribution in [3.63, 3.8) is 0 Å². The van der Waals surface area contributed by atoms with Crippen LogP contribution < -0.4 is 10.6 Å². The number of hydrogen-bond donors (Lipinski definition) is 3. The zero-order chi connectivity index (χ0) is 15.9. The van der Waals surface area contributed by atoms with E-state index in [-0.39, 0.29) is 12.0 Å². The maximum atomic E-state index is 11.6. The smallest absolute Gasteiger partial charge is 0.309 e. The van der Waals surface area contributed by atoms with E-state index >= 15 is 0 Å². The number of aliphatic hydroxyl groups is 1. The first kappa shape index (κ1) is 17.2. The van der Waals surface area contributed by atoms with Crippen molar-refractivity contribution in [3.8, 4) is 0 Å². The van der Waals surface area contributed by atoms with Crippen molar-refractivity contribution in [1.82, 2.24) is 10.6 Å². The van der Waals surface area contributed by atoms with Crippen LogP contribution in [0.5, 0.6) is 0 Å². The molecule has 5 nitrogen and oxygen atoms in total. The first-order valence-corrected chi connectivity index (χ1v) is 7.08. The summed E-state index contributed by atoms with van der Waals surface area (Å²) in [4.78, 5) is 23.2. The summed E-state index contributed by atoms with van der Waals surface area (Å²) in [6, 6.07) is 9.37. The molecule has 0 bridgehead atoms. The Morgan fingerprint density at radius 1 is 1.10 bits per heavy atom. The average Bonchev–Trinajstić information content (AvgIpc) is 2.44. The summed E-state index contributed by atoms with van der Waals surface area (Å²) in [6.07, 6.45) is -0.105. The van der Waals surface area contributed by atoms with E-state index in [9.17, 15) is 14.7 Å². The van der Waals surface area contributed by atoms with Gasteiger partial charge in [0.05, 0.1) is 6.10 Å². The van der Waals surface area contributed by atoms with Gasteiger partial charge in [0.2, 0.25) is 0 Å². The highest BCUT2D eigenvalue weighted by atomic mass is 16.3. The second kappa shape index (κ2) is 7.78. The minimum atomic E-state index is -0.674. The highest BCUT2D eigenvalue weighted by Crippen LogP contribution is 2.20. The van der Waals surface area contributed by atoms with Crippen LogP contribution in [0, 0.1) is 5.41 Å². The minimum Gasteiger partial charge on any atom is -0.393 e. The number of carbonyl (C=O) groups excluding carboxylic acids is 2. The van der Waals surface area contributed by atoms with Crippen molar-refractivity contribution >= 4 is 11.8 Å². The summed E-state index contributed by atoms with van der Waals surface area (Å²) in [6.45, 7) is 6.36. The summed E-state index contributed by atoms with van der Waals surface area (Å²) in [5, 5.41) is 14.9. The third-order valence-electron chi connectivity index (χ3n) is 3.21. The van der Waals surface area contributed by atoms with Crippen LogP contribution in [0.25, 0.3) is 0 Å². The Morgan fingerprint density at radius 3 is 2.24 bits per heavy atom. The molecule has 1 atom stereocenters. The molecule has 2 amide bonds. The molecule has 116 valence electrons. The molecule has 1 rings (SSSR count). The maximum Gasteiger partial charge on any atom is 0.309 e. The van der Waals surface area contributed by atoms with Gasteiger partial charge in [-0.15, -0.1) is 0 Å². The lowest BCUT2D eigenvalue weighted by molar-refractivity contribution is -0.139. The minimum absolute atomic E-state index is 0.236. The quantitative estimate of drug-likeness (QED) is 0.714. The van der Waals surface area contributed by atoms with Crippen molar-refractivity contribution in [1.29, 1.82) is 0 Å². The monoisotopic (exact) mass is 292 g/mol. The van der Waals surface area contributed by atoms with Crippen molar-refractivity contribution in [2.24, 2.45) is 5.41 Å². The van der Waals surface area contributed by atoms with Crippen LogP contribution in [-0.2, 0) is 16.1 Å². The average molecular weight is 292 g/mol. The third-order valence-corrected chi connectivity index (χ3v) is 3.21. The van der Waals surface area contributed by atoms with Crippen LogP contribution in [0.2, 0.25) is 0 Å². The molecule has 0 saturated carbocycles. The van der Waals surface area contributed by atoms with Gasteiger partial charge in [0, 0.05) is 13.1 Å². The first-order chi connectivity index (χ1) is 9.80. The van der Waals surface area contributed by atoms with Crippen molar-refractivity contribution in [2.45, 2.75) is 39.8 Å². The van der Waals surface area contributed by atoms with Crippen LogP contribution in [0.15, 0.2) is 30.3 Å². The third kappa shape index (κ3) is 6.40. The molecule has 0 heterocycles. The molecule has 3 N–H and O–H groups in total.